The summed E-state index contributed by atoms with van der Waals surface area (Å²) in [6.45, 7) is 5.53. The molecule has 0 aliphatic rings. The van der Waals surface area contributed by atoms with Crippen LogP contribution in [0.1, 0.15) is 19.8 Å². The summed E-state index contributed by atoms with van der Waals surface area (Å²) < 4.78 is 4.88. The maximum absolute atomic E-state index is 10.9. The minimum atomic E-state index is -1.47. The zero-order chi connectivity index (χ0) is 10.3. The molecule has 5 heteroatoms. The molecule has 0 aromatic carbocycles. The number of carbonyl (C=O) groups excluding carboxylic acids is 1. The van der Waals surface area contributed by atoms with Crippen molar-refractivity contribution in [2.45, 2.75) is 25.8 Å². The molecule has 0 saturated carbocycles. The van der Waals surface area contributed by atoms with E-state index < -0.39 is 7.42 Å². The lowest BCUT2D eigenvalue weighted by molar-refractivity contribution is -0.139. The van der Waals surface area contributed by atoms with E-state index in [0.717, 1.165) is 18.9 Å². The highest BCUT2D eigenvalue weighted by molar-refractivity contribution is 7.33. The Hall–Kier alpha value is 0.00688. The maximum atomic E-state index is 10.9. The highest BCUT2D eigenvalue weighted by atomic mass is 35.7. The predicted molar refractivity (Wildman–Crippen MR) is 58.7 cm³/mol. The molecule has 76 valence electrons. The van der Waals surface area contributed by atoms with E-state index in [1.54, 1.807) is 6.92 Å². The highest BCUT2D eigenvalue weighted by Gasteiger charge is 2.03. The Balaban J connectivity index is 3.26. The normalized spacial score (nSPS) is 10.2. The van der Waals surface area contributed by atoms with Crippen LogP contribution in [0.25, 0.3) is 0 Å². The average Bonchev–Trinajstić information content (AvgIpc) is 2.02. The molecule has 0 aliphatic carbocycles. The van der Waals surface area contributed by atoms with Gasteiger partial charge in [0.2, 0.25) is 7.42 Å². The van der Waals surface area contributed by atoms with Crippen LogP contribution in [0.2, 0.25) is 6.04 Å². The predicted octanol–water partition coefficient (Wildman–Crippen LogP) is 2.58. The van der Waals surface area contributed by atoms with Gasteiger partial charge in [0, 0.05) is 5.57 Å². The van der Waals surface area contributed by atoms with Gasteiger partial charge in [-0.05, 0) is 19.4 Å². The third-order valence-electron chi connectivity index (χ3n) is 1.40. The van der Waals surface area contributed by atoms with Gasteiger partial charge in [-0.3, -0.25) is 0 Å². The van der Waals surface area contributed by atoms with Gasteiger partial charge in [-0.25, -0.2) is 4.79 Å². The van der Waals surface area contributed by atoms with Gasteiger partial charge in [-0.15, -0.1) is 0 Å². The largest absolute Gasteiger partial charge is 0.462 e. The van der Waals surface area contributed by atoms with Crippen LogP contribution in [0.15, 0.2) is 12.2 Å². The second-order valence-corrected chi connectivity index (χ2v) is 7.99. The summed E-state index contributed by atoms with van der Waals surface area (Å²) in [5.74, 6) is -0.328. The molecular weight excluding hydrogens is 227 g/mol. The Kier molecular flexibility index (Phi) is 7.42. The van der Waals surface area contributed by atoms with Gasteiger partial charge in [0.1, 0.15) is 0 Å². The molecule has 0 bridgehead atoms. The number of ether oxygens (including phenoxy) is 1. The van der Waals surface area contributed by atoms with Gasteiger partial charge >= 0.3 is 5.97 Å². The molecule has 0 rings (SSSR count). The maximum Gasteiger partial charge on any atom is 0.333 e. The molecule has 2 nitrogen and oxygen atoms in total. The van der Waals surface area contributed by atoms with E-state index in [2.05, 4.69) is 6.58 Å². The van der Waals surface area contributed by atoms with Crippen molar-refractivity contribution in [1.29, 1.82) is 0 Å². The molecule has 0 radical (unpaired) electrons. The van der Waals surface area contributed by atoms with Gasteiger partial charge in [-0.2, -0.15) is 22.2 Å². The second kappa shape index (κ2) is 7.41. The summed E-state index contributed by atoms with van der Waals surface area (Å²) in [5, 5.41) is 0. The summed E-state index contributed by atoms with van der Waals surface area (Å²) in [6.07, 6.45) is 1.75. The Morgan fingerprint density at radius 1 is 1.46 bits per heavy atom. The highest BCUT2D eigenvalue weighted by Crippen LogP contribution is 2.08. The van der Waals surface area contributed by atoms with E-state index in [-0.39, 0.29) is 5.97 Å². The summed E-state index contributed by atoms with van der Waals surface area (Å²) in [5.41, 5.74) is 0.432. The smallest absolute Gasteiger partial charge is 0.333 e. The molecule has 0 N–H and O–H groups in total. The fourth-order valence-corrected chi connectivity index (χ4v) is 2.21. The molecule has 0 aromatic heterocycles. The van der Waals surface area contributed by atoms with Crippen molar-refractivity contribution in [2.24, 2.45) is 0 Å². The van der Waals surface area contributed by atoms with Gasteiger partial charge < -0.3 is 4.74 Å². The number of rotatable bonds is 6. The van der Waals surface area contributed by atoms with Crippen LogP contribution in [-0.2, 0) is 9.53 Å². The number of hydrogen-bond acceptors (Lipinski definition) is 2. The number of esters is 1. The molecule has 0 fully saturated rings. The van der Waals surface area contributed by atoms with Gasteiger partial charge in [-0.1, -0.05) is 13.0 Å². The van der Waals surface area contributed by atoms with Crippen LogP contribution in [0.4, 0.5) is 0 Å². The quantitative estimate of drug-likeness (QED) is 0.235. The van der Waals surface area contributed by atoms with Crippen LogP contribution in [0.3, 0.4) is 0 Å². The lowest BCUT2D eigenvalue weighted by Crippen LogP contribution is -2.06. The lowest BCUT2D eigenvalue weighted by Gasteiger charge is -2.03. The minimum Gasteiger partial charge on any atom is -0.462 e. The van der Waals surface area contributed by atoms with E-state index in [1.165, 1.54) is 0 Å². The first-order chi connectivity index (χ1) is 6.04. The van der Waals surface area contributed by atoms with Crippen LogP contribution in [0, 0.1) is 0 Å². The third kappa shape index (κ3) is 8.34. The average molecular weight is 241 g/mol. The summed E-state index contributed by atoms with van der Waals surface area (Å²) in [4.78, 5) is 10.9. The summed E-state index contributed by atoms with van der Waals surface area (Å²) >= 11 is 11.3. The molecule has 0 unspecified atom stereocenters. The Bertz CT molecular complexity index is 183. The molecule has 0 atom stereocenters. The number of hydrogen-bond donors (Lipinski definition) is 0. The third-order valence-corrected chi connectivity index (χ3v) is 3.55. The molecular formula is C8H14Cl2O2Si. The Labute approximate surface area is 89.9 Å². The van der Waals surface area contributed by atoms with Gasteiger partial charge in [0.25, 0.3) is 0 Å². The molecule has 0 spiro atoms. The second-order valence-electron chi connectivity index (χ2n) is 2.80. The van der Waals surface area contributed by atoms with Gasteiger partial charge in [0.15, 0.2) is 0 Å². The zero-order valence-corrected chi connectivity index (χ0v) is 10.4. The van der Waals surface area contributed by atoms with Crippen LogP contribution < -0.4 is 0 Å². The number of halogens is 2. The monoisotopic (exact) mass is 240 g/mol. The SMILES string of the molecule is C=C(C)C(=O)OCCCC[SiH](Cl)Cl. The van der Waals surface area contributed by atoms with E-state index in [9.17, 15) is 4.79 Å². The van der Waals surface area contributed by atoms with Crippen molar-refractivity contribution in [3.63, 3.8) is 0 Å². The van der Waals surface area contributed by atoms with E-state index in [4.69, 9.17) is 26.9 Å². The van der Waals surface area contributed by atoms with Crippen molar-refractivity contribution in [3.8, 4) is 0 Å². The summed E-state index contributed by atoms with van der Waals surface area (Å²) in [7, 11) is -1.47. The fraction of sp³-hybridized carbons (Fsp3) is 0.625. The standard InChI is InChI=1S/C8H14Cl2O2Si/c1-7(2)8(11)12-5-3-4-6-13(9)10/h13H,1,3-6H2,2H3. The molecule has 0 aromatic rings. The molecule has 13 heavy (non-hydrogen) atoms. The first kappa shape index (κ1) is 13.0. The van der Waals surface area contributed by atoms with E-state index in [1.807, 2.05) is 0 Å². The summed E-state index contributed by atoms with van der Waals surface area (Å²) in [6, 6.07) is 0.869. The Morgan fingerprint density at radius 3 is 2.54 bits per heavy atom. The molecule has 0 saturated heterocycles. The molecule has 0 aliphatic heterocycles. The molecule has 0 heterocycles. The Morgan fingerprint density at radius 2 is 2.08 bits per heavy atom. The van der Waals surface area contributed by atoms with Crippen LogP contribution in [0.5, 0.6) is 0 Å². The van der Waals surface area contributed by atoms with Crippen LogP contribution >= 0.6 is 22.2 Å². The van der Waals surface area contributed by atoms with Crippen molar-refractivity contribution in [1.82, 2.24) is 0 Å². The van der Waals surface area contributed by atoms with Gasteiger partial charge in [0.05, 0.1) is 6.61 Å². The van der Waals surface area contributed by atoms with Crippen molar-refractivity contribution in [2.75, 3.05) is 6.61 Å². The van der Waals surface area contributed by atoms with Crippen molar-refractivity contribution < 1.29 is 9.53 Å². The fourth-order valence-electron chi connectivity index (χ4n) is 0.689. The topological polar surface area (TPSA) is 26.3 Å². The van der Waals surface area contributed by atoms with Crippen LogP contribution in [-0.4, -0.2) is 20.0 Å². The van der Waals surface area contributed by atoms with Crippen molar-refractivity contribution in [3.05, 3.63) is 12.2 Å². The number of unbranched alkanes of at least 4 members (excludes halogenated alkanes) is 1. The first-order valence-electron chi connectivity index (χ1n) is 4.15. The van der Waals surface area contributed by atoms with E-state index >= 15 is 0 Å². The molecule has 0 amide bonds. The van der Waals surface area contributed by atoms with Crippen molar-refractivity contribution >= 4 is 35.5 Å². The van der Waals surface area contributed by atoms with E-state index in [0.29, 0.717) is 12.2 Å². The lowest BCUT2D eigenvalue weighted by atomic mass is 10.3. The zero-order valence-electron chi connectivity index (χ0n) is 7.69. The first-order valence-corrected chi connectivity index (χ1v) is 8.45. The minimum absolute atomic E-state index is 0.328. The number of carbonyl (C=O) groups is 1.